The highest BCUT2D eigenvalue weighted by Crippen LogP contribution is 2.23. The smallest absolute Gasteiger partial charge is 0.145 e. The molecule has 0 amide bonds. The third-order valence-electron chi connectivity index (χ3n) is 3.06. The van der Waals surface area contributed by atoms with E-state index in [1.54, 1.807) is 18.3 Å². The lowest BCUT2D eigenvalue weighted by atomic mass is 10.1. The Morgan fingerprint density at radius 1 is 1.53 bits per heavy atom. The Bertz CT molecular complexity index is 555. The molecule has 0 saturated carbocycles. The summed E-state index contributed by atoms with van der Waals surface area (Å²) in [5.41, 5.74) is 3.20. The Kier molecular flexibility index (Phi) is 4.52. The Labute approximate surface area is 116 Å². The van der Waals surface area contributed by atoms with Crippen molar-refractivity contribution < 1.29 is 4.39 Å². The number of halogens is 2. The molecular formula is C13H16ClFN4. The van der Waals surface area contributed by atoms with E-state index < -0.39 is 5.82 Å². The van der Waals surface area contributed by atoms with Gasteiger partial charge in [0.15, 0.2) is 0 Å². The molecule has 1 aromatic carbocycles. The highest BCUT2D eigenvalue weighted by atomic mass is 35.5. The maximum Gasteiger partial charge on any atom is 0.145 e. The fourth-order valence-electron chi connectivity index (χ4n) is 2.05. The van der Waals surface area contributed by atoms with Crippen molar-refractivity contribution in [1.82, 2.24) is 15.0 Å². The standard InChI is InChI=1S/C13H16ClFN4/c1-2-19-7-6-17-13(19)11(18-16)8-9-4-3-5-10(14)12(9)15/h3-7,11,18H,2,8,16H2,1H3. The number of hydrazine groups is 1. The van der Waals surface area contributed by atoms with Gasteiger partial charge < -0.3 is 4.57 Å². The van der Waals surface area contributed by atoms with Crippen LogP contribution in [0.5, 0.6) is 0 Å². The number of hydrogen-bond acceptors (Lipinski definition) is 3. The van der Waals surface area contributed by atoms with Gasteiger partial charge in [-0.15, -0.1) is 0 Å². The lowest BCUT2D eigenvalue weighted by Crippen LogP contribution is -2.32. The van der Waals surface area contributed by atoms with Gasteiger partial charge in [0.05, 0.1) is 11.1 Å². The van der Waals surface area contributed by atoms with Gasteiger partial charge in [0.2, 0.25) is 0 Å². The zero-order valence-corrected chi connectivity index (χ0v) is 11.4. The zero-order valence-electron chi connectivity index (χ0n) is 10.6. The molecule has 0 aliphatic carbocycles. The lowest BCUT2D eigenvalue weighted by Gasteiger charge is -2.17. The summed E-state index contributed by atoms with van der Waals surface area (Å²) < 4.78 is 15.9. The summed E-state index contributed by atoms with van der Waals surface area (Å²) in [6.45, 7) is 2.80. The molecule has 0 fully saturated rings. The third-order valence-corrected chi connectivity index (χ3v) is 3.35. The highest BCUT2D eigenvalue weighted by molar-refractivity contribution is 6.30. The van der Waals surface area contributed by atoms with Gasteiger partial charge in [0, 0.05) is 18.9 Å². The van der Waals surface area contributed by atoms with Crippen molar-refractivity contribution in [1.29, 1.82) is 0 Å². The number of aromatic nitrogens is 2. The van der Waals surface area contributed by atoms with Crippen LogP contribution in [0.4, 0.5) is 4.39 Å². The quantitative estimate of drug-likeness (QED) is 0.654. The molecule has 6 heteroatoms. The first-order valence-corrected chi connectivity index (χ1v) is 6.45. The van der Waals surface area contributed by atoms with Crippen LogP contribution < -0.4 is 11.3 Å². The minimum Gasteiger partial charge on any atom is -0.334 e. The van der Waals surface area contributed by atoms with Crippen LogP contribution in [0, 0.1) is 5.82 Å². The van der Waals surface area contributed by atoms with Crippen molar-refractivity contribution >= 4 is 11.6 Å². The van der Waals surface area contributed by atoms with Crippen LogP contribution >= 0.6 is 11.6 Å². The maximum absolute atomic E-state index is 13.9. The second-order valence-electron chi connectivity index (χ2n) is 4.21. The Morgan fingerprint density at radius 2 is 2.32 bits per heavy atom. The second-order valence-corrected chi connectivity index (χ2v) is 4.61. The van der Waals surface area contributed by atoms with E-state index in [-0.39, 0.29) is 11.1 Å². The van der Waals surface area contributed by atoms with Gasteiger partial charge in [-0.05, 0) is 25.0 Å². The predicted octanol–water partition coefficient (Wildman–Crippen LogP) is 2.44. The number of benzene rings is 1. The second kappa shape index (κ2) is 6.14. The monoisotopic (exact) mass is 282 g/mol. The Balaban J connectivity index is 2.27. The van der Waals surface area contributed by atoms with Gasteiger partial charge >= 0.3 is 0 Å². The molecule has 0 aliphatic heterocycles. The summed E-state index contributed by atoms with van der Waals surface area (Å²) in [5.74, 6) is 5.94. The first-order chi connectivity index (χ1) is 9.17. The summed E-state index contributed by atoms with van der Waals surface area (Å²) in [4.78, 5) is 4.27. The van der Waals surface area contributed by atoms with Gasteiger partial charge in [-0.2, -0.15) is 0 Å². The molecule has 1 aromatic heterocycles. The molecule has 102 valence electrons. The first kappa shape index (κ1) is 14.0. The van der Waals surface area contributed by atoms with Crippen LogP contribution in [0.15, 0.2) is 30.6 Å². The van der Waals surface area contributed by atoms with E-state index in [4.69, 9.17) is 17.4 Å². The van der Waals surface area contributed by atoms with Crippen molar-refractivity contribution in [2.45, 2.75) is 25.9 Å². The molecule has 4 nitrogen and oxygen atoms in total. The molecule has 0 radical (unpaired) electrons. The Morgan fingerprint density at radius 3 is 3.00 bits per heavy atom. The minimum absolute atomic E-state index is 0.118. The topological polar surface area (TPSA) is 55.9 Å². The van der Waals surface area contributed by atoms with E-state index in [0.717, 1.165) is 12.4 Å². The number of nitrogens with zero attached hydrogens (tertiary/aromatic N) is 2. The molecular weight excluding hydrogens is 267 g/mol. The van der Waals surface area contributed by atoms with Crippen LogP contribution in [0.2, 0.25) is 5.02 Å². The van der Waals surface area contributed by atoms with E-state index >= 15 is 0 Å². The molecule has 1 atom stereocenters. The van der Waals surface area contributed by atoms with Crippen molar-refractivity contribution in [2.75, 3.05) is 0 Å². The van der Waals surface area contributed by atoms with E-state index in [1.165, 1.54) is 6.07 Å². The zero-order chi connectivity index (χ0) is 13.8. The molecule has 3 N–H and O–H groups in total. The third kappa shape index (κ3) is 2.94. The van der Waals surface area contributed by atoms with Gasteiger partial charge in [0.25, 0.3) is 0 Å². The fourth-order valence-corrected chi connectivity index (χ4v) is 2.24. The number of nitrogens with one attached hydrogen (secondary N) is 1. The number of imidazole rings is 1. The van der Waals surface area contributed by atoms with Crippen molar-refractivity contribution in [3.05, 3.63) is 52.8 Å². The largest absolute Gasteiger partial charge is 0.334 e. The number of hydrogen-bond donors (Lipinski definition) is 2. The number of rotatable bonds is 5. The van der Waals surface area contributed by atoms with Crippen LogP contribution in [0.25, 0.3) is 0 Å². The molecule has 1 heterocycles. The summed E-state index contributed by atoms with van der Waals surface area (Å²) >= 11 is 5.78. The summed E-state index contributed by atoms with van der Waals surface area (Å²) in [5, 5.41) is 0.118. The van der Waals surface area contributed by atoms with Gasteiger partial charge in [0.1, 0.15) is 11.6 Å². The Hall–Kier alpha value is -1.43. The molecule has 0 aliphatic rings. The van der Waals surface area contributed by atoms with Gasteiger partial charge in [-0.1, -0.05) is 23.7 Å². The average molecular weight is 283 g/mol. The van der Waals surface area contributed by atoms with Crippen molar-refractivity contribution in [2.24, 2.45) is 5.84 Å². The first-order valence-electron chi connectivity index (χ1n) is 6.07. The van der Waals surface area contributed by atoms with E-state index in [2.05, 4.69) is 10.4 Å². The number of aryl methyl sites for hydroxylation is 1. The van der Waals surface area contributed by atoms with Gasteiger partial charge in [-0.3, -0.25) is 5.84 Å². The van der Waals surface area contributed by atoms with E-state index in [0.29, 0.717) is 12.0 Å². The summed E-state index contributed by atoms with van der Waals surface area (Å²) in [6.07, 6.45) is 3.96. The SMILES string of the molecule is CCn1ccnc1C(Cc1cccc(Cl)c1F)NN. The van der Waals surface area contributed by atoms with Gasteiger partial charge in [-0.25, -0.2) is 14.8 Å². The van der Waals surface area contributed by atoms with Crippen LogP contribution in [-0.4, -0.2) is 9.55 Å². The normalized spacial score (nSPS) is 12.6. The molecule has 2 rings (SSSR count). The predicted molar refractivity (Wildman–Crippen MR) is 73.1 cm³/mol. The summed E-state index contributed by atoms with van der Waals surface area (Å²) in [6, 6.07) is 4.69. The van der Waals surface area contributed by atoms with Crippen molar-refractivity contribution in [3.8, 4) is 0 Å². The fraction of sp³-hybridized carbons (Fsp3) is 0.308. The lowest BCUT2D eigenvalue weighted by molar-refractivity contribution is 0.485. The molecule has 19 heavy (non-hydrogen) atoms. The molecule has 2 aromatic rings. The van der Waals surface area contributed by atoms with E-state index in [9.17, 15) is 4.39 Å². The van der Waals surface area contributed by atoms with Crippen LogP contribution in [0.1, 0.15) is 24.4 Å². The maximum atomic E-state index is 13.9. The van der Waals surface area contributed by atoms with Crippen LogP contribution in [-0.2, 0) is 13.0 Å². The average Bonchev–Trinajstić information content (AvgIpc) is 2.88. The number of nitrogens with two attached hydrogens (primary N) is 1. The summed E-state index contributed by atoms with van der Waals surface area (Å²) in [7, 11) is 0. The molecule has 0 spiro atoms. The van der Waals surface area contributed by atoms with Crippen molar-refractivity contribution in [3.63, 3.8) is 0 Å². The molecule has 1 unspecified atom stereocenters. The van der Waals surface area contributed by atoms with E-state index in [1.807, 2.05) is 17.7 Å². The van der Waals surface area contributed by atoms with Crippen LogP contribution in [0.3, 0.4) is 0 Å². The molecule has 0 bridgehead atoms. The highest BCUT2D eigenvalue weighted by Gasteiger charge is 2.18. The molecule has 0 saturated heterocycles. The minimum atomic E-state index is -0.404.